The average molecular weight is 544 g/mol. The lowest BCUT2D eigenvalue weighted by Crippen LogP contribution is -2.50. The number of amides is 1. The van der Waals surface area contributed by atoms with Crippen molar-refractivity contribution < 1.29 is 32.6 Å². The van der Waals surface area contributed by atoms with Gasteiger partial charge in [-0.1, -0.05) is 26.2 Å². The van der Waals surface area contributed by atoms with Crippen LogP contribution in [0, 0.1) is 11.6 Å². The summed E-state index contributed by atoms with van der Waals surface area (Å²) in [6.45, 7) is 7.53. The van der Waals surface area contributed by atoms with Crippen molar-refractivity contribution in [2.45, 2.75) is 83.9 Å². The molecular weight excluding hydrogens is 504 g/mol. The van der Waals surface area contributed by atoms with Crippen molar-refractivity contribution >= 4 is 18.0 Å². The van der Waals surface area contributed by atoms with Crippen molar-refractivity contribution in [2.24, 2.45) is 0 Å². The van der Waals surface area contributed by atoms with E-state index in [0.29, 0.717) is 23.5 Å². The van der Waals surface area contributed by atoms with Crippen LogP contribution in [0.4, 0.5) is 13.6 Å². The number of hydrogen-bond acceptors (Lipinski definition) is 5. The van der Waals surface area contributed by atoms with Gasteiger partial charge in [-0.15, -0.1) is 0 Å². The SMILES string of the molecule is CCCCC[C@H]1Cc2c(OC)ccc(OC)c2[C@@H](CC(=O)/C=C/c2ccc(F)cc2F)N1C(=O)OC(C)(C)C. The molecule has 2 aromatic rings. The largest absolute Gasteiger partial charge is 0.496 e. The molecule has 212 valence electrons. The number of rotatable bonds is 10. The van der Waals surface area contributed by atoms with Gasteiger partial charge in [-0.3, -0.25) is 9.69 Å². The van der Waals surface area contributed by atoms with Crippen LogP contribution in [0.15, 0.2) is 36.4 Å². The Morgan fingerprint density at radius 1 is 1.05 bits per heavy atom. The second-order valence-electron chi connectivity index (χ2n) is 10.8. The number of halogens is 2. The highest BCUT2D eigenvalue weighted by Crippen LogP contribution is 2.46. The molecule has 8 heteroatoms. The van der Waals surface area contributed by atoms with Crippen molar-refractivity contribution in [3.8, 4) is 11.5 Å². The van der Waals surface area contributed by atoms with E-state index >= 15 is 0 Å². The van der Waals surface area contributed by atoms with Gasteiger partial charge in [0.25, 0.3) is 0 Å². The fourth-order valence-electron chi connectivity index (χ4n) is 5.04. The van der Waals surface area contributed by atoms with E-state index in [9.17, 15) is 18.4 Å². The lowest BCUT2D eigenvalue weighted by atomic mass is 9.83. The molecule has 0 aromatic heterocycles. The summed E-state index contributed by atoms with van der Waals surface area (Å²) in [7, 11) is 3.14. The van der Waals surface area contributed by atoms with Gasteiger partial charge in [-0.25, -0.2) is 13.6 Å². The first-order valence-corrected chi connectivity index (χ1v) is 13.4. The summed E-state index contributed by atoms with van der Waals surface area (Å²) >= 11 is 0. The number of methoxy groups -OCH3 is 2. The Kier molecular flexibility index (Phi) is 10.1. The average Bonchev–Trinajstić information content (AvgIpc) is 2.86. The number of fused-ring (bicyclic) bond motifs is 1. The number of unbranched alkanes of at least 4 members (excludes halogenated alkanes) is 2. The molecule has 0 bridgehead atoms. The Hall–Kier alpha value is -3.42. The van der Waals surface area contributed by atoms with Gasteiger partial charge >= 0.3 is 6.09 Å². The Balaban J connectivity index is 2.08. The van der Waals surface area contributed by atoms with E-state index in [1.54, 1.807) is 46.0 Å². The van der Waals surface area contributed by atoms with Crippen LogP contribution < -0.4 is 9.47 Å². The number of benzene rings is 2. The standard InChI is InChI=1S/C31H39F2NO5/c1-7-8-9-10-22-18-24-27(37-5)15-16-28(38-6)29(24)26(34(22)30(36)39-31(2,3)4)19-23(35)14-12-20-11-13-21(32)17-25(20)33/h11-17,22,26H,7-10,18-19H2,1-6H3/b14-12+/t22-,26+/m0/s1. The fraction of sp³-hybridized carbons (Fsp3) is 0.484. The minimum atomic E-state index is -0.764. The van der Waals surface area contributed by atoms with Gasteiger partial charge in [-0.2, -0.15) is 0 Å². The van der Waals surface area contributed by atoms with Crippen LogP contribution in [0.5, 0.6) is 11.5 Å². The molecule has 0 fully saturated rings. The molecule has 0 aliphatic carbocycles. The number of nitrogens with zero attached hydrogens (tertiary/aromatic N) is 1. The molecule has 1 aliphatic heterocycles. The van der Waals surface area contributed by atoms with Crippen molar-refractivity contribution in [1.82, 2.24) is 4.90 Å². The summed E-state index contributed by atoms with van der Waals surface area (Å²) in [6.07, 6.45) is 6.19. The van der Waals surface area contributed by atoms with Crippen molar-refractivity contribution in [3.63, 3.8) is 0 Å². The summed E-state index contributed by atoms with van der Waals surface area (Å²) in [4.78, 5) is 28.7. The van der Waals surface area contributed by atoms with E-state index in [2.05, 4.69) is 6.92 Å². The predicted octanol–water partition coefficient (Wildman–Crippen LogP) is 7.44. The third-order valence-electron chi connectivity index (χ3n) is 6.77. The predicted molar refractivity (Wildman–Crippen MR) is 147 cm³/mol. The topological polar surface area (TPSA) is 65.1 Å². The molecule has 0 unspecified atom stereocenters. The molecule has 1 aliphatic rings. The second kappa shape index (κ2) is 13.1. The van der Waals surface area contributed by atoms with E-state index in [4.69, 9.17) is 14.2 Å². The van der Waals surface area contributed by atoms with E-state index in [0.717, 1.165) is 43.4 Å². The first kappa shape index (κ1) is 30.1. The van der Waals surface area contributed by atoms with Crippen LogP contribution in [-0.4, -0.2) is 42.6 Å². The molecule has 1 amide bonds. The van der Waals surface area contributed by atoms with Gasteiger partial charge in [0.05, 0.1) is 20.3 Å². The molecule has 6 nitrogen and oxygen atoms in total. The molecule has 3 rings (SSSR count). The molecule has 0 saturated carbocycles. The number of allylic oxidation sites excluding steroid dienone is 1. The van der Waals surface area contributed by atoms with Crippen LogP contribution in [0.2, 0.25) is 0 Å². The van der Waals surface area contributed by atoms with Gasteiger partial charge in [0.1, 0.15) is 28.7 Å². The smallest absolute Gasteiger partial charge is 0.411 e. The molecule has 0 saturated heterocycles. The molecule has 39 heavy (non-hydrogen) atoms. The van der Waals surface area contributed by atoms with Crippen LogP contribution >= 0.6 is 0 Å². The lowest BCUT2D eigenvalue weighted by molar-refractivity contribution is -0.116. The minimum absolute atomic E-state index is 0.0840. The molecule has 0 radical (unpaired) electrons. The normalized spacial score (nSPS) is 17.2. The first-order valence-electron chi connectivity index (χ1n) is 13.4. The molecule has 2 atom stereocenters. The number of carbonyl (C=O) groups is 2. The van der Waals surface area contributed by atoms with Crippen LogP contribution in [-0.2, 0) is 16.0 Å². The number of ketones is 1. The third kappa shape index (κ3) is 7.58. The molecule has 1 heterocycles. The summed E-state index contributed by atoms with van der Waals surface area (Å²) in [5.74, 6) is -0.589. The molecular formula is C31H39F2NO5. The van der Waals surface area contributed by atoms with Crippen molar-refractivity contribution in [3.05, 3.63) is 64.7 Å². The van der Waals surface area contributed by atoms with E-state index in [1.165, 1.54) is 18.2 Å². The van der Waals surface area contributed by atoms with Gasteiger partial charge < -0.3 is 14.2 Å². The summed E-state index contributed by atoms with van der Waals surface area (Å²) < 4.78 is 44.7. The fourth-order valence-corrected chi connectivity index (χ4v) is 5.04. The van der Waals surface area contributed by atoms with Crippen LogP contribution in [0.3, 0.4) is 0 Å². The number of hydrogen-bond donors (Lipinski definition) is 0. The van der Waals surface area contributed by atoms with Gasteiger partial charge in [-0.05, 0) is 70.0 Å². The van der Waals surface area contributed by atoms with E-state index in [-0.39, 0.29) is 23.8 Å². The number of ether oxygens (including phenoxy) is 3. The van der Waals surface area contributed by atoms with E-state index < -0.39 is 29.4 Å². The highest BCUT2D eigenvalue weighted by Gasteiger charge is 2.42. The van der Waals surface area contributed by atoms with Crippen LogP contribution in [0.25, 0.3) is 6.08 Å². The van der Waals surface area contributed by atoms with Crippen molar-refractivity contribution in [2.75, 3.05) is 14.2 Å². The molecule has 0 N–H and O–H groups in total. The zero-order chi connectivity index (χ0) is 28.7. The van der Waals surface area contributed by atoms with Gasteiger partial charge in [0.15, 0.2) is 5.78 Å². The monoisotopic (exact) mass is 543 g/mol. The van der Waals surface area contributed by atoms with Crippen LogP contribution in [0.1, 0.15) is 82.5 Å². The maximum absolute atomic E-state index is 14.2. The molecule has 2 aromatic carbocycles. The van der Waals surface area contributed by atoms with Gasteiger partial charge in [0, 0.05) is 35.2 Å². The minimum Gasteiger partial charge on any atom is -0.496 e. The van der Waals surface area contributed by atoms with Crippen molar-refractivity contribution in [1.29, 1.82) is 0 Å². The maximum atomic E-state index is 14.2. The summed E-state index contributed by atoms with van der Waals surface area (Å²) in [5.41, 5.74) is 0.946. The highest BCUT2D eigenvalue weighted by molar-refractivity contribution is 5.94. The van der Waals surface area contributed by atoms with E-state index in [1.807, 2.05) is 6.07 Å². The molecule has 0 spiro atoms. The number of carbonyl (C=O) groups excluding carboxylic acids is 2. The summed E-state index contributed by atoms with van der Waals surface area (Å²) in [5, 5.41) is 0. The highest BCUT2D eigenvalue weighted by atomic mass is 19.1. The lowest BCUT2D eigenvalue weighted by Gasteiger charge is -2.44. The second-order valence-corrected chi connectivity index (χ2v) is 10.8. The zero-order valence-corrected chi connectivity index (χ0v) is 23.7. The summed E-state index contributed by atoms with van der Waals surface area (Å²) in [6, 6.07) is 5.85. The maximum Gasteiger partial charge on any atom is 0.411 e. The Morgan fingerprint density at radius 2 is 1.74 bits per heavy atom. The Bertz CT molecular complexity index is 1200. The first-order chi connectivity index (χ1) is 18.5. The van der Waals surface area contributed by atoms with Gasteiger partial charge in [0.2, 0.25) is 0 Å². The quantitative estimate of drug-likeness (QED) is 0.230. The Labute approximate surface area is 229 Å². The Morgan fingerprint density at radius 3 is 2.36 bits per heavy atom. The third-order valence-corrected chi connectivity index (χ3v) is 6.77. The zero-order valence-electron chi connectivity index (χ0n) is 23.7.